The number of pyridine rings is 1. The molecule has 0 atom stereocenters. The van der Waals surface area contributed by atoms with E-state index in [4.69, 9.17) is 16.3 Å². The molecule has 5 nitrogen and oxygen atoms in total. The van der Waals surface area contributed by atoms with Crippen molar-refractivity contribution in [1.82, 2.24) is 15.0 Å². The molecule has 142 valence electrons. The van der Waals surface area contributed by atoms with Crippen LogP contribution in [0.5, 0.6) is 0 Å². The molecule has 0 aliphatic heterocycles. The maximum absolute atomic E-state index is 13.2. The molecular weight excluding hydrogens is 369 g/mol. The molecule has 1 N–H and O–H groups in total. The molecule has 0 radical (unpaired) electrons. The summed E-state index contributed by atoms with van der Waals surface area (Å²) in [4.78, 5) is 11.8. The minimum Gasteiger partial charge on any atom is -0.376 e. The summed E-state index contributed by atoms with van der Waals surface area (Å²) in [5.74, 6) is 0.165. The van der Waals surface area contributed by atoms with E-state index in [1.807, 2.05) is 13.8 Å². The molecule has 3 rings (SSSR count). The SMILES string of the molecule is CC(C)OC1CCC(Nc2ncc3c(Cl)ncc(C(F)(F)F)c3n2)CC1. The van der Waals surface area contributed by atoms with Gasteiger partial charge in [-0.05, 0) is 39.5 Å². The predicted molar refractivity (Wildman–Crippen MR) is 93.2 cm³/mol. The van der Waals surface area contributed by atoms with E-state index in [2.05, 4.69) is 20.3 Å². The first-order chi connectivity index (χ1) is 12.2. The van der Waals surface area contributed by atoms with Gasteiger partial charge in [0.25, 0.3) is 0 Å². The molecule has 0 amide bonds. The minimum atomic E-state index is -4.56. The highest BCUT2D eigenvalue weighted by Gasteiger charge is 2.34. The van der Waals surface area contributed by atoms with E-state index >= 15 is 0 Å². The average Bonchev–Trinajstić information content (AvgIpc) is 2.55. The van der Waals surface area contributed by atoms with Gasteiger partial charge in [-0.25, -0.2) is 15.0 Å². The Kier molecular flexibility index (Phi) is 5.53. The molecule has 0 unspecified atom stereocenters. The second-order valence-corrected chi connectivity index (χ2v) is 7.08. The zero-order valence-corrected chi connectivity index (χ0v) is 15.2. The number of ether oxygens (including phenoxy) is 1. The maximum atomic E-state index is 13.2. The fraction of sp³-hybridized carbons (Fsp3) is 0.588. The first kappa shape index (κ1) is 19.1. The van der Waals surface area contributed by atoms with E-state index in [0.717, 1.165) is 25.7 Å². The van der Waals surface area contributed by atoms with E-state index in [0.29, 0.717) is 6.20 Å². The van der Waals surface area contributed by atoms with Crippen molar-refractivity contribution >= 4 is 28.5 Å². The van der Waals surface area contributed by atoms with Crippen LogP contribution in [-0.2, 0) is 10.9 Å². The lowest BCUT2D eigenvalue weighted by atomic mass is 9.93. The third-order valence-corrected chi connectivity index (χ3v) is 4.65. The number of rotatable bonds is 4. The number of hydrogen-bond donors (Lipinski definition) is 1. The van der Waals surface area contributed by atoms with Gasteiger partial charge in [-0.1, -0.05) is 11.6 Å². The van der Waals surface area contributed by atoms with Gasteiger partial charge in [0.15, 0.2) is 0 Å². The van der Waals surface area contributed by atoms with Crippen LogP contribution < -0.4 is 5.32 Å². The second-order valence-electron chi connectivity index (χ2n) is 6.72. The number of alkyl halides is 3. The summed E-state index contributed by atoms with van der Waals surface area (Å²) in [7, 11) is 0. The van der Waals surface area contributed by atoms with Crippen LogP contribution in [0.25, 0.3) is 10.9 Å². The first-order valence-corrected chi connectivity index (χ1v) is 8.92. The topological polar surface area (TPSA) is 59.9 Å². The lowest BCUT2D eigenvalue weighted by Crippen LogP contribution is -2.31. The highest BCUT2D eigenvalue weighted by Crippen LogP contribution is 2.35. The molecule has 0 spiro atoms. The number of nitrogens with one attached hydrogen (secondary N) is 1. The summed E-state index contributed by atoms with van der Waals surface area (Å²) in [6.45, 7) is 4.01. The monoisotopic (exact) mass is 388 g/mol. The molecule has 0 aromatic carbocycles. The summed E-state index contributed by atoms with van der Waals surface area (Å²) in [5.41, 5.74) is -1.16. The van der Waals surface area contributed by atoms with Crippen molar-refractivity contribution in [3.05, 3.63) is 23.1 Å². The molecule has 1 aliphatic rings. The maximum Gasteiger partial charge on any atom is 0.419 e. The summed E-state index contributed by atoms with van der Waals surface area (Å²) in [6.07, 6.45) is 1.33. The van der Waals surface area contributed by atoms with E-state index in [-0.39, 0.29) is 40.3 Å². The fourth-order valence-electron chi connectivity index (χ4n) is 3.18. The summed E-state index contributed by atoms with van der Waals surface area (Å²) >= 11 is 5.89. The number of fused-ring (bicyclic) bond motifs is 1. The molecule has 0 saturated heterocycles. The molecule has 1 aliphatic carbocycles. The first-order valence-electron chi connectivity index (χ1n) is 8.54. The molecule has 26 heavy (non-hydrogen) atoms. The van der Waals surface area contributed by atoms with Gasteiger partial charge < -0.3 is 10.1 Å². The van der Waals surface area contributed by atoms with Gasteiger partial charge in [-0.2, -0.15) is 13.2 Å². The van der Waals surface area contributed by atoms with Gasteiger partial charge in [0.05, 0.1) is 23.1 Å². The van der Waals surface area contributed by atoms with Crippen LogP contribution in [0.4, 0.5) is 19.1 Å². The number of nitrogens with zero attached hydrogens (tertiary/aromatic N) is 3. The van der Waals surface area contributed by atoms with Crippen LogP contribution in [0.1, 0.15) is 45.1 Å². The average molecular weight is 389 g/mol. The summed E-state index contributed by atoms with van der Waals surface area (Å²) in [6, 6.07) is 0.103. The van der Waals surface area contributed by atoms with Crippen molar-refractivity contribution in [2.75, 3.05) is 5.32 Å². The number of anilines is 1. The van der Waals surface area contributed by atoms with Crippen molar-refractivity contribution in [3.63, 3.8) is 0 Å². The van der Waals surface area contributed by atoms with Crippen molar-refractivity contribution in [2.45, 2.75) is 64.0 Å². The van der Waals surface area contributed by atoms with Crippen LogP contribution in [-0.4, -0.2) is 33.2 Å². The Labute approximate surface area is 154 Å². The standard InChI is InChI=1S/C17H20ClF3N4O/c1-9(2)26-11-5-3-10(4-6-11)24-16-23-7-12-14(25-16)13(17(19,20)21)8-22-15(12)18/h7-11H,3-6H2,1-2H3,(H,23,24,25). The summed E-state index contributed by atoms with van der Waals surface area (Å²) < 4.78 is 45.4. The third-order valence-electron chi connectivity index (χ3n) is 4.35. The minimum absolute atomic E-state index is 0.0501. The van der Waals surface area contributed by atoms with Gasteiger partial charge >= 0.3 is 6.18 Å². The van der Waals surface area contributed by atoms with Crippen molar-refractivity contribution < 1.29 is 17.9 Å². The van der Waals surface area contributed by atoms with Gasteiger partial charge in [0.1, 0.15) is 10.7 Å². The van der Waals surface area contributed by atoms with Crippen LogP contribution in [0.15, 0.2) is 12.4 Å². The molecule has 2 aromatic heterocycles. The van der Waals surface area contributed by atoms with Crippen LogP contribution in [0, 0.1) is 0 Å². The molecule has 1 fully saturated rings. The smallest absolute Gasteiger partial charge is 0.376 e. The Morgan fingerprint density at radius 3 is 2.46 bits per heavy atom. The Morgan fingerprint density at radius 1 is 1.15 bits per heavy atom. The molecule has 1 saturated carbocycles. The Hall–Kier alpha value is -1.67. The van der Waals surface area contributed by atoms with Crippen LogP contribution >= 0.6 is 11.6 Å². The lowest BCUT2D eigenvalue weighted by molar-refractivity contribution is -0.136. The third kappa shape index (κ3) is 4.35. The molecule has 0 bridgehead atoms. The number of halogens is 4. The Bertz CT molecular complexity index is 776. The highest BCUT2D eigenvalue weighted by molar-refractivity contribution is 6.34. The van der Waals surface area contributed by atoms with E-state index in [9.17, 15) is 13.2 Å². The normalized spacial score (nSPS) is 21.3. The zero-order chi connectivity index (χ0) is 18.9. The highest BCUT2D eigenvalue weighted by atomic mass is 35.5. The fourth-order valence-corrected chi connectivity index (χ4v) is 3.36. The molecule has 9 heteroatoms. The van der Waals surface area contributed by atoms with E-state index < -0.39 is 11.7 Å². The summed E-state index contributed by atoms with van der Waals surface area (Å²) in [5, 5.41) is 3.17. The number of aromatic nitrogens is 3. The van der Waals surface area contributed by atoms with Crippen LogP contribution in [0.3, 0.4) is 0 Å². The quantitative estimate of drug-likeness (QED) is 0.759. The van der Waals surface area contributed by atoms with Gasteiger partial charge in [0, 0.05) is 18.4 Å². The lowest BCUT2D eigenvalue weighted by Gasteiger charge is -2.30. The van der Waals surface area contributed by atoms with Crippen molar-refractivity contribution in [2.24, 2.45) is 0 Å². The number of hydrogen-bond acceptors (Lipinski definition) is 5. The molecule has 2 heterocycles. The second kappa shape index (κ2) is 7.52. The van der Waals surface area contributed by atoms with Crippen molar-refractivity contribution in [1.29, 1.82) is 0 Å². The van der Waals surface area contributed by atoms with E-state index in [1.165, 1.54) is 6.20 Å². The molecule has 2 aromatic rings. The van der Waals surface area contributed by atoms with Gasteiger partial charge in [-0.3, -0.25) is 0 Å². The Balaban J connectivity index is 1.77. The Morgan fingerprint density at radius 2 is 1.85 bits per heavy atom. The largest absolute Gasteiger partial charge is 0.419 e. The van der Waals surface area contributed by atoms with Gasteiger partial charge in [0.2, 0.25) is 5.95 Å². The van der Waals surface area contributed by atoms with E-state index in [1.54, 1.807) is 0 Å². The zero-order valence-electron chi connectivity index (χ0n) is 14.5. The predicted octanol–water partition coefficient (Wildman–Crippen LogP) is 4.85. The van der Waals surface area contributed by atoms with Gasteiger partial charge in [-0.15, -0.1) is 0 Å². The van der Waals surface area contributed by atoms with Crippen molar-refractivity contribution in [3.8, 4) is 0 Å². The van der Waals surface area contributed by atoms with Crippen LogP contribution in [0.2, 0.25) is 5.15 Å². The molecular formula is C17H20ClF3N4O.